The average Bonchev–Trinajstić information content (AvgIpc) is 3.35. The molecule has 0 saturated heterocycles. The number of hydrogen-bond acceptors (Lipinski definition) is 1. The van der Waals surface area contributed by atoms with Gasteiger partial charge >= 0.3 is 0 Å². The van der Waals surface area contributed by atoms with Crippen molar-refractivity contribution < 1.29 is 4.39 Å². The molecule has 0 spiro atoms. The lowest BCUT2D eigenvalue weighted by Crippen LogP contribution is -2.60. The van der Waals surface area contributed by atoms with E-state index >= 15 is 0 Å². The number of hydrogen-bond donors (Lipinski definition) is 0. The monoisotopic (exact) mass is 512 g/mol. The van der Waals surface area contributed by atoms with Gasteiger partial charge in [0.2, 0.25) is 0 Å². The van der Waals surface area contributed by atoms with Crippen LogP contribution in [0.2, 0.25) is 0 Å². The van der Waals surface area contributed by atoms with Crippen LogP contribution in [0.5, 0.6) is 0 Å². The van der Waals surface area contributed by atoms with E-state index in [9.17, 15) is 4.39 Å². The van der Waals surface area contributed by atoms with Gasteiger partial charge in [-0.05, 0) is 76.0 Å². The van der Waals surface area contributed by atoms with E-state index in [0.717, 1.165) is 28.2 Å². The number of rotatable bonds is 2. The van der Waals surface area contributed by atoms with Crippen molar-refractivity contribution in [2.75, 3.05) is 4.90 Å². The Labute approximate surface area is 231 Å². The van der Waals surface area contributed by atoms with E-state index in [1.807, 2.05) is 6.07 Å². The minimum Gasteiger partial charge on any atom is -0.311 e. The van der Waals surface area contributed by atoms with Gasteiger partial charge in [-0.3, -0.25) is 0 Å². The van der Waals surface area contributed by atoms with Gasteiger partial charge in [0, 0.05) is 39.0 Å². The average molecular weight is 512 g/mol. The summed E-state index contributed by atoms with van der Waals surface area (Å²) < 4.78 is 17.0. The molecule has 6 aromatic carbocycles. The molecule has 0 bridgehead atoms. The lowest BCUT2D eigenvalue weighted by Gasteiger charge is -2.40. The maximum Gasteiger partial charge on any atom is 0.252 e. The van der Waals surface area contributed by atoms with Crippen molar-refractivity contribution in [3.8, 4) is 16.8 Å². The van der Waals surface area contributed by atoms with Crippen LogP contribution in [0, 0.1) is 5.82 Å². The van der Waals surface area contributed by atoms with Crippen molar-refractivity contribution in [3.63, 3.8) is 0 Å². The third-order valence-electron chi connectivity index (χ3n) is 8.60. The summed E-state index contributed by atoms with van der Waals surface area (Å²) in [4.78, 5) is 2.38. The smallest absolute Gasteiger partial charge is 0.252 e. The highest BCUT2D eigenvalue weighted by atomic mass is 19.1. The van der Waals surface area contributed by atoms with Gasteiger partial charge in [0.1, 0.15) is 5.82 Å². The quantitative estimate of drug-likeness (QED) is 0.223. The Morgan fingerprint density at radius 1 is 0.525 bits per heavy atom. The summed E-state index contributed by atoms with van der Waals surface area (Å²) in [6.45, 7) is 0.0863. The molecule has 0 aliphatic carbocycles. The number of benzene rings is 6. The summed E-state index contributed by atoms with van der Waals surface area (Å²) >= 11 is 0. The van der Waals surface area contributed by atoms with Crippen LogP contribution >= 0.6 is 0 Å². The van der Waals surface area contributed by atoms with Gasteiger partial charge in [0.15, 0.2) is 0 Å². The van der Waals surface area contributed by atoms with Gasteiger partial charge in [-0.2, -0.15) is 0 Å². The number of aromatic nitrogens is 1. The summed E-state index contributed by atoms with van der Waals surface area (Å²) in [5.41, 5.74) is 12.8. The normalized spacial score (nSPS) is 13.0. The highest BCUT2D eigenvalue weighted by Crippen LogP contribution is 2.43. The number of para-hydroxylation sites is 4. The van der Waals surface area contributed by atoms with Crippen LogP contribution in [0.1, 0.15) is 0 Å². The minimum absolute atomic E-state index is 0.0863. The van der Waals surface area contributed by atoms with Crippen LogP contribution in [-0.2, 0) is 0 Å². The number of halogens is 1. The number of nitrogens with zero attached hydrogens (tertiary/aromatic N) is 2. The van der Waals surface area contributed by atoms with Crippen molar-refractivity contribution in [3.05, 3.63) is 139 Å². The fraction of sp³-hybridized carbons (Fsp3) is 0. The molecule has 1 aromatic heterocycles. The predicted molar refractivity (Wildman–Crippen MR) is 166 cm³/mol. The molecule has 4 heteroatoms. The molecule has 0 amide bonds. The maximum absolute atomic E-state index is 14.5. The zero-order chi connectivity index (χ0) is 26.4. The molecule has 2 aliphatic heterocycles. The van der Waals surface area contributed by atoms with Crippen molar-refractivity contribution in [2.24, 2.45) is 0 Å². The number of anilines is 3. The summed E-state index contributed by atoms with van der Waals surface area (Å²) in [7, 11) is 0. The Morgan fingerprint density at radius 3 is 2.15 bits per heavy atom. The van der Waals surface area contributed by atoms with Crippen LogP contribution in [0.3, 0.4) is 0 Å². The molecule has 2 nitrogen and oxygen atoms in total. The largest absolute Gasteiger partial charge is 0.311 e. The van der Waals surface area contributed by atoms with E-state index in [4.69, 9.17) is 0 Å². The van der Waals surface area contributed by atoms with E-state index in [1.165, 1.54) is 49.9 Å². The molecule has 0 atom stereocenters. The molecule has 186 valence electrons. The molecule has 40 heavy (non-hydrogen) atoms. The second-order valence-corrected chi connectivity index (χ2v) is 10.7. The van der Waals surface area contributed by atoms with E-state index in [0.29, 0.717) is 0 Å². The first kappa shape index (κ1) is 21.8. The van der Waals surface area contributed by atoms with Crippen molar-refractivity contribution in [1.29, 1.82) is 0 Å². The van der Waals surface area contributed by atoms with Gasteiger partial charge in [-0.1, -0.05) is 84.9 Å². The van der Waals surface area contributed by atoms with Crippen molar-refractivity contribution in [1.82, 2.24) is 4.57 Å². The standard InChI is InChI=1S/C36H22BFN2/c38-25-11-8-10-23(20-25)24-21-33-35-34(22-24)40-31-18-6-4-14-27(31)28-15-9-17-30(36(28)40)37(35)29-16-5-7-19-32(29)39(33)26-12-2-1-3-13-26/h1-22H. The lowest BCUT2D eigenvalue weighted by atomic mass is 9.33. The first-order valence-corrected chi connectivity index (χ1v) is 13.7. The van der Waals surface area contributed by atoms with E-state index in [1.54, 1.807) is 12.1 Å². The minimum atomic E-state index is -0.230. The van der Waals surface area contributed by atoms with Gasteiger partial charge in [-0.25, -0.2) is 4.39 Å². The van der Waals surface area contributed by atoms with Crippen molar-refractivity contribution in [2.45, 2.75) is 0 Å². The maximum atomic E-state index is 14.5. The fourth-order valence-electron chi connectivity index (χ4n) is 7.05. The Kier molecular flexibility index (Phi) is 4.34. The van der Waals surface area contributed by atoms with Gasteiger partial charge in [-0.15, -0.1) is 0 Å². The molecule has 9 rings (SSSR count). The van der Waals surface area contributed by atoms with E-state index in [-0.39, 0.29) is 12.5 Å². The topological polar surface area (TPSA) is 8.17 Å². The molecular weight excluding hydrogens is 490 g/mol. The van der Waals surface area contributed by atoms with Crippen LogP contribution < -0.4 is 21.3 Å². The molecule has 3 heterocycles. The molecule has 0 N–H and O–H groups in total. The first-order chi connectivity index (χ1) is 19.8. The van der Waals surface area contributed by atoms with Crippen LogP contribution in [0.15, 0.2) is 133 Å². The SMILES string of the molecule is Fc1cccc(-c2cc3c4c(c2)-n2c5ccccc5c5cccc(c52)B4c2ccccc2N3c2ccccc2)c1. The second-order valence-electron chi connectivity index (χ2n) is 10.7. The van der Waals surface area contributed by atoms with Gasteiger partial charge in [0.25, 0.3) is 6.71 Å². The van der Waals surface area contributed by atoms with Crippen LogP contribution in [0.25, 0.3) is 38.6 Å². The Hall–Kier alpha value is -5.09. The molecule has 2 aliphatic rings. The zero-order valence-corrected chi connectivity index (χ0v) is 21.6. The van der Waals surface area contributed by atoms with Gasteiger partial charge in [0.05, 0.1) is 5.52 Å². The molecule has 7 aromatic rings. The predicted octanol–water partition coefficient (Wildman–Crippen LogP) is 7.20. The Balaban J connectivity index is 1.49. The highest BCUT2D eigenvalue weighted by molar-refractivity contribution is 7.00. The van der Waals surface area contributed by atoms with E-state index in [2.05, 4.69) is 119 Å². The molecule has 0 saturated carbocycles. The Morgan fingerprint density at radius 2 is 1.25 bits per heavy atom. The van der Waals surface area contributed by atoms with Crippen LogP contribution in [-0.4, -0.2) is 11.3 Å². The molecule has 0 radical (unpaired) electrons. The molecular formula is C36H22BFN2. The molecule has 0 unspecified atom stereocenters. The zero-order valence-electron chi connectivity index (χ0n) is 21.6. The van der Waals surface area contributed by atoms with Gasteiger partial charge < -0.3 is 9.47 Å². The Bertz CT molecular complexity index is 2150. The summed E-state index contributed by atoms with van der Waals surface area (Å²) in [6, 6.07) is 46.2. The van der Waals surface area contributed by atoms with Crippen molar-refractivity contribution >= 4 is 62.0 Å². The summed E-state index contributed by atoms with van der Waals surface area (Å²) in [5, 5.41) is 2.51. The molecule has 0 fully saturated rings. The second kappa shape index (κ2) is 7.97. The third kappa shape index (κ3) is 2.83. The fourth-order valence-corrected chi connectivity index (χ4v) is 7.05. The van der Waals surface area contributed by atoms with Crippen LogP contribution in [0.4, 0.5) is 21.5 Å². The van der Waals surface area contributed by atoms with E-state index < -0.39 is 0 Å². The third-order valence-corrected chi connectivity index (χ3v) is 8.60. The summed E-state index contributed by atoms with van der Waals surface area (Å²) in [6.07, 6.45) is 0. The highest BCUT2D eigenvalue weighted by Gasteiger charge is 2.42. The number of fused-ring (bicyclic) bond motifs is 7. The lowest BCUT2D eigenvalue weighted by molar-refractivity contribution is 0.628. The summed E-state index contributed by atoms with van der Waals surface area (Å²) in [5.74, 6) is -0.230. The first-order valence-electron chi connectivity index (χ1n) is 13.7.